The topological polar surface area (TPSA) is 59.8 Å². The third-order valence-corrected chi connectivity index (χ3v) is 4.55. The second-order valence-corrected chi connectivity index (χ2v) is 6.21. The van der Waals surface area contributed by atoms with E-state index in [1.54, 1.807) is 23.7 Å². The van der Waals surface area contributed by atoms with Crippen LogP contribution in [0.25, 0.3) is 0 Å². The van der Waals surface area contributed by atoms with Crippen LogP contribution >= 0.6 is 22.9 Å². The molecule has 21 heavy (non-hydrogen) atoms. The van der Waals surface area contributed by atoms with E-state index in [1.165, 1.54) is 4.68 Å². The Morgan fingerprint density at radius 3 is 3.00 bits per heavy atom. The average Bonchev–Trinajstić information content (AvgIpc) is 3.02. The van der Waals surface area contributed by atoms with Gasteiger partial charge in [-0.05, 0) is 6.42 Å². The number of hydrogen-bond donors (Lipinski definition) is 1. The Labute approximate surface area is 133 Å². The van der Waals surface area contributed by atoms with Crippen molar-refractivity contribution in [2.45, 2.75) is 39.2 Å². The lowest BCUT2D eigenvalue weighted by Crippen LogP contribution is -2.25. The van der Waals surface area contributed by atoms with Gasteiger partial charge in [0.05, 0.1) is 16.9 Å². The van der Waals surface area contributed by atoms with E-state index in [0.717, 1.165) is 17.8 Å². The number of thiazole rings is 1. The third kappa shape index (κ3) is 4.04. The lowest BCUT2D eigenvalue weighted by molar-refractivity contribution is 0.543. The molecule has 0 amide bonds. The molecule has 0 radical (unpaired) electrons. The number of hydrogen-bond acceptors (Lipinski definition) is 5. The molecule has 0 saturated carbocycles. The standard InChI is InChI=1S/C14H19ClN4OS/c1-3-4-6-19-14(20)12(15)11(9-18-19)17-8-10(2)13-16-5-7-21-13/h5,7,9-10,17H,3-4,6,8H2,1-2H3. The Morgan fingerprint density at radius 1 is 1.52 bits per heavy atom. The quantitative estimate of drug-likeness (QED) is 0.847. The zero-order chi connectivity index (χ0) is 15.2. The molecular formula is C14H19ClN4OS. The van der Waals surface area contributed by atoms with Crippen molar-refractivity contribution in [1.82, 2.24) is 14.8 Å². The first-order valence-corrected chi connectivity index (χ1v) is 8.28. The highest BCUT2D eigenvalue weighted by molar-refractivity contribution is 7.09. The number of halogens is 1. The van der Waals surface area contributed by atoms with Crippen molar-refractivity contribution in [2.24, 2.45) is 0 Å². The maximum absolute atomic E-state index is 12.1. The van der Waals surface area contributed by atoms with Gasteiger partial charge in [0, 0.05) is 30.6 Å². The molecule has 1 atom stereocenters. The summed E-state index contributed by atoms with van der Waals surface area (Å²) in [5.74, 6) is 0.253. The predicted molar refractivity (Wildman–Crippen MR) is 87.4 cm³/mol. The van der Waals surface area contributed by atoms with E-state index < -0.39 is 0 Å². The molecule has 2 heterocycles. The molecule has 114 valence electrons. The van der Waals surface area contributed by atoms with Crippen molar-refractivity contribution in [1.29, 1.82) is 0 Å². The van der Waals surface area contributed by atoms with Gasteiger partial charge in [0.2, 0.25) is 0 Å². The van der Waals surface area contributed by atoms with Crippen LogP contribution in [0.2, 0.25) is 5.02 Å². The Hall–Kier alpha value is -1.40. The van der Waals surface area contributed by atoms with Gasteiger partial charge in [-0.1, -0.05) is 31.9 Å². The number of aromatic nitrogens is 3. The Bertz CT molecular complexity index is 626. The third-order valence-electron chi connectivity index (χ3n) is 3.18. The van der Waals surface area contributed by atoms with Crippen LogP contribution in [-0.4, -0.2) is 21.3 Å². The Balaban J connectivity index is 2.04. The van der Waals surface area contributed by atoms with Crippen LogP contribution < -0.4 is 10.9 Å². The molecule has 0 aromatic carbocycles. The first kappa shape index (κ1) is 16.0. The highest BCUT2D eigenvalue weighted by Crippen LogP contribution is 2.20. The maximum atomic E-state index is 12.1. The van der Waals surface area contributed by atoms with E-state index in [9.17, 15) is 4.79 Å². The first-order chi connectivity index (χ1) is 10.1. The van der Waals surface area contributed by atoms with Crippen molar-refractivity contribution in [2.75, 3.05) is 11.9 Å². The van der Waals surface area contributed by atoms with Crippen molar-refractivity contribution in [3.8, 4) is 0 Å². The average molecular weight is 327 g/mol. The SMILES string of the molecule is CCCCn1ncc(NCC(C)c2nccs2)c(Cl)c1=O. The fourth-order valence-corrected chi connectivity index (χ4v) is 2.80. The van der Waals surface area contributed by atoms with Gasteiger partial charge < -0.3 is 5.32 Å². The molecule has 7 heteroatoms. The highest BCUT2D eigenvalue weighted by atomic mass is 35.5. The molecule has 0 aliphatic rings. The van der Waals surface area contributed by atoms with E-state index in [0.29, 0.717) is 18.8 Å². The van der Waals surface area contributed by atoms with E-state index in [4.69, 9.17) is 11.6 Å². The molecule has 2 aromatic heterocycles. The van der Waals surface area contributed by atoms with Crippen LogP contribution in [0.15, 0.2) is 22.6 Å². The normalized spacial score (nSPS) is 12.3. The first-order valence-electron chi connectivity index (χ1n) is 7.02. The smallest absolute Gasteiger partial charge is 0.287 e. The zero-order valence-electron chi connectivity index (χ0n) is 12.2. The molecule has 0 aliphatic heterocycles. The largest absolute Gasteiger partial charge is 0.382 e. The molecule has 0 aliphatic carbocycles. The molecule has 0 bridgehead atoms. The molecule has 0 fully saturated rings. The summed E-state index contributed by atoms with van der Waals surface area (Å²) in [6, 6.07) is 0. The summed E-state index contributed by atoms with van der Waals surface area (Å²) in [5, 5.41) is 10.6. The van der Waals surface area contributed by atoms with Crippen LogP contribution in [0.5, 0.6) is 0 Å². The van der Waals surface area contributed by atoms with Crippen molar-refractivity contribution >= 4 is 28.6 Å². The van der Waals surface area contributed by atoms with Crippen LogP contribution in [-0.2, 0) is 6.54 Å². The van der Waals surface area contributed by atoms with Crippen LogP contribution in [0, 0.1) is 0 Å². The van der Waals surface area contributed by atoms with Crippen LogP contribution in [0.4, 0.5) is 5.69 Å². The van der Waals surface area contributed by atoms with Gasteiger partial charge in [0.15, 0.2) is 0 Å². The van der Waals surface area contributed by atoms with Crippen molar-refractivity contribution < 1.29 is 0 Å². The molecule has 1 N–H and O–H groups in total. The van der Waals surface area contributed by atoms with Gasteiger partial charge in [-0.3, -0.25) is 4.79 Å². The second-order valence-electron chi connectivity index (χ2n) is 4.91. The Kier molecular flexibility index (Phi) is 5.76. The summed E-state index contributed by atoms with van der Waals surface area (Å²) in [6.07, 6.45) is 5.34. The number of unbranched alkanes of at least 4 members (excludes halogenated alkanes) is 1. The summed E-state index contributed by atoms with van der Waals surface area (Å²) in [5.41, 5.74) is 0.342. The van der Waals surface area contributed by atoms with E-state index >= 15 is 0 Å². The number of nitrogens with zero attached hydrogens (tertiary/aromatic N) is 3. The van der Waals surface area contributed by atoms with E-state index in [-0.39, 0.29) is 16.5 Å². The van der Waals surface area contributed by atoms with Gasteiger partial charge in [-0.2, -0.15) is 5.10 Å². The molecule has 2 rings (SSSR count). The number of rotatable bonds is 7. The monoisotopic (exact) mass is 326 g/mol. The van der Waals surface area contributed by atoms with Gasteiger partial charge in [0.25, 0.3) is 5.56 Å². The molecule has 0 saturated heterocycles. The molecule has 1 unspecified atom stereocenters. The molecule has 2 aromatic rings. The fourth-order valence-electron chi connectivity index (χ4n) is 1.88. The molecule has 0 spiro atoms. The number of nitrogens with one attached hydrogen (secondary N) is 1. The second kappa shape index (κ2) is 7.56. The van der Waals surface area contributed by atoms with Crippen molar-refractivity contribution in [3.05, 3.63) is 38.2 Å². The summed E-state index contributed by atoms with van der Waals surface area (Å²) >= 11 is 7.76. The maximum Gasteiger partial charge on any atom is 0.287 e. The molecular weight excluding hydrogens is 308 g/mol. The summed E-state index contributed by atoms with van der Waals surface area (Å²) in [7, 11) is 0. The van der Waals surface area contributed by atoms with Gasteiger partial charge in [0.1, 0.15) is 5.02 Å². The van der Waals surface area contributed by atoms with Crippen molar-refractivity contribution in [3.63, 3.8) is 0 Å². The van der Waals surface area contributed by atoms with E-state index in [2.05, 4.69) is 29.2 Å². The zero-order valence-corrected chi connectivity index (χ0v) is 13.7. The fraction of sp³-hybridized carbons (Fsp3) is 0.500. The van der Waals surface area contributed by atoms with E-state index in [1.807, 2.05) is 5.38 Å². The predicted octanol–water partition coefficient (Wildman–Crippen LogP) is 3.37. The lowest BCUT2D eigenvalue weighted by Gasteiger charge is -2.13. The minimum atomic E-state index is -0.239. The number of aryl methyl sites for hydroxylation is 1. The summed E-state index contributed by atoms with van der Waals surface area (Å²) in [6.45, 7) is 5.41. The van der Waals surface area contributed by atoms with Gasteiger partial charge in [-0.25, -0.2) is 9.67 Å². The van der Waals surface area contributed by atoms with Gasteiger partial charge >= 0.3 is 0 Å². The molecule has 5 nitrogen and oxygen atoms in total. The lowest BCUT2D eigenvalue weighted by atomic mass is 10.2. The van der Waals surface area contributed by atoms with Gasteiger partial charge in [-0.15, -0.1) is 11.3 Å². The minimum Gasteiger partial charge on any atom is -0.382 e. The number of anilines is 1. The minimum absolute atomic E-state index is 0.201. The summed E-state index contributed by atoms with van der Waals surface area (Å²) in [4.78, 5) is 16.4. The highest BCUT2D eigenvalue weighted by Gasteiger charge is 2.12. The Morgan fingerprint density at radius 2 is 2.33 bits per heavy atom. The summed E-state index contributed by atoms with van der Waals surface area (Å²) < 4.78 is 1.42. The van der Waals surface area contributed by atoms with Crippen LogP contribution in [0.1, 0.15) is 37.6 Å². The van der Waals surface area contributed by atoms with Crippen LogP contribution in [0.3, 0.4) is 0 Å².